The van der Waals surface area contributed by atoms with Crippen LogP contribution in [0.4, 0.5) is 11.4 Å². The molecule has 0 radical (unpaired) electrons. The first-order valence-corrected chi connectivity index (χ1v) is 8.92. The van der Waals surface area contributed by atoms with E-state index >= 15 is 0 Å². The summed E-state index contributed by atoms with van der Waals surface area (Å²) in [6.07, 6.45) is 1.61. The Bertz CT molecular complexity index is 830. The van der Waals surface area contributed by atoms with Gasteiger partial charge in [-0.1, -0.05) is 0 Å². The summed E-state index contributed by atoms with van der Waals surface area (Å²) in [6.45, 7) is -0.291. The molecule has 148 valence electrons. The van der Waals surface area contributed by atoms with Crippen molar-refractivity contribution in [1.29, 1.82) is 5.26 Å². The van der Waals surface area contributed by atoms with Gasteiger partial charge >= 0.3 is 5.97 Å². The molecule has 1 aromatic carbocycles. The van der Waals surface area contributed by atoms with Gasteiger partial charge in [0.05, 0.1) is 23.7 Å². The Morgan fingerprint density at radius 2 is 2.00 bits per heavy atom. The predicted molar refractivity (Wildman–Crippen MR) is 101 cm³/mol. The third-order valence-corrected chi connectivity index (χ3v) is 4.40. The molecule has 0 aromatic heterocycles. The van der Waals surface area contributed by atoms with Gasteiger partial charge in [0.1, 0.15) is 6.54 Å². The Morgan fingerprint density at radius 1 is 1.25 bits per heavy atom. The second-order valence-corrected chi connectivity index (χ2v) is 6.47. The predicted octanol–water partition coefficient (Wildman–Crippen LogP) is 1.60. The summed E-state index contributed by atoms with van der Waals surface area (Å²) in [5.41, 5.74) is 1.04. The SMILES string of the molecule is CN1C(=O)CN(CCC(=O)O)C(=O)c2cc(NC(=O)CCCCC#N)ccc21. The third kappa shape index (κ3) is 5.30. The molecule has 1 aliphatic rings. The monoisotopic (exact) mass is 386 g/mol. The van der Waals surface area contributed by atoms with Crippen LogP contribution in [0, 0.1) is 11.3 Å². The summed E-state index contributed by atoms with van der Waals surface area (Å²) in [6, 6.07) is 6.70. The molecule has 2 rings (SSSR count). The summed E-state index contributed by atoms with van der Waals surface area (Å²) in [4.78, 5) is 50.5. The van der Waals surface area contributed by atoms with Crippen molar-refractivity contribution < 1.29 is 24.3 Å². The number of carboxylic acids is 1. The summed E-state index contributed by atoms with van der Waals surface area (Å²) < 4.78 is 0. The maximum absolute atomic E-state index is 12.8. The van der Waals surface area contributed by atoms with Crippen molar-refractivity contribution >= 4 is 35.1 Å². The van der Waals surface area contributed by atoms with Crippen LogP contribution in [0.25, 0.3) is 0 Å². The maximum Gasteiger partial charge on any atom is 0.305 e. The molecule has 9 nitrogen and oxygen atoms in total. The number of aliphatic carboxylic acids is 1. The molecule has 0 spiro atoms. The number of carboxylic acid groups (broad SMARTS) is 1. The molecule has 1 heterocycles. The molecule has 0 bridgehead atoms. The zero-order valence-electron chi connectivity index (χ0n) is 15.6. The van der Waals surface area contributed by atoms with E-state index in [4.69, 9.17) is 10.4 Å². The van der Waals surface area contributed by atoms with E-state index in [2.05, 4.69) is 5.32 Å². The fourth-order valence-electron chi connectivity index (χ4n) is 2.85. The molecule has 0 fully saturated rings. The van der Waals surface area contributed by atoms with E-state index in [1.165, 1.54) is 15.9 Å². The van der Waals surface area contributed by atoms with Crippen LogP contribution in [0.15, 0.2) is 18.2 Å². The van der Waals surface area contributed by atoms with Crippen molar-refractivity contribution in [2.45, 2.75) is 32.1 Å². The van der Waals surface area contributed by atoms with Crippen molar-refractivity contribution in [1.82, 2.24) is 4.90 Å². The fourth-order valence-corrected chi connectivity index (χ4v) is 2.85. The Morgan fingerprint density at radius 3 is 2.68 bits per heavy atom. The number of nitrogens with zero attached hydrogens (tertiary/aromatic N) is 3. The number of fused-ring (bicyclic) bond motifs is 1. The highest BCUT2D eigenvalue weighted by Crippen LogP contribution is 2.28. The van der Waals surface area contributed by atoms with Gasteiger partial charge in [0, 0.05) is 32.1 Å². The summed E-state index contributed by atoms with van der Waals surface area (Å²) in [5.74, 6) is -2.08. The van der Waals surface area contributed by atoms with Gasteiger partial charge in [0.25, 0.3) is 5.91 Å². The number of carbonyl (C=O) groups excluding carboxylic acids is 3. The summed E-state index contributed by atoms with van der Waals surface area (Å²) >= 11 is 0. The van der Waals surface area contributed by atoms with Crippen LogP contribution in [0.1, 0.15) is 42.5 Å². The zero-order valence-corrected chi connectivity index (χ0v) is 15.6. The fraction of sp³-hybridized carbons (Fsp3) is 0.421. The topological polar surface area (TPSA) is 131 Å². The molecular weight excluding hydrogens is 364 g/mol. The Balaban J connectivity index is 2.18. The molecule has 0 saturated carbocycles. The number of hydrogen-bond acceptors (Lipinski definition) is 5. The van der Waals surface area contributed by atoms with Crippen molar-refractivity contribution in [3.05, 3.63) is 23.8 Å². The summed E-state index contributed by atoms with van der Waals surface area (Å²) in [5, 5.41) is 20.1. The van der Waals surface area contributed by atoms with Crippen molar-refractivity contribution in [3.8, 4) is 6.07 Å². The van der Waals surface area contributed by atoms with Crippen LogP contribution in [-0.4, -0.2) is 53.8 Å². The van der Waals surface area contributed by atoms with Gasteiger partial charge in [0.2, 0.25) is 11.8 Å². The molecule has 0 aliphatic carbocycles. The van der Waals surface area contributed by atoms with Gasteiger partial charge in [-0.15, -0.1) is 0 Å². The van der Waals surface area contributed by atoms with Gasteiger partial charge in [-0.25, -0.2) is 0 Å². The first-order chi connectivity index (χ1) is 13.3. The number of anilines is 2. The minimum Gasteiger partial charge on any atom is -0.481 e. The highest BCUT2D eigenvalue weighted by Gasteiger charge is 2.30. The third-order valence-electron chi connectivity index (χ3n) is 4.40. The van der Waals surface area contributed by atoms with Crippen LogP contribution < -0.4 is 10.2 Å². The van der Waals surface area contributed by atoms with Crippen molar-refractivity contribution in [2.75, 3.05) is 30.4 Å². The quantitative estimate of drug-likeness (QED) is 0.653. The summed E-state index contributed by atoms with van der Waals surface area (Å²) in [7, 11) is 1.54. The number of hydrogen-bond donors (Lipinski definition) is 2. The number of rotatable bonds is 8. The van der Waals surface area contributed by atoms with Crippen molar-refractivity contribution in [2.24, 2.45) is 0 Å². The average molecular weight is 386 g/mol. The number of benzene rings is 1. The average Bonchev–Trinajstić information content (AvgIpc) is 2.74. The minimum absolute atomic E-state index is 0.0807. The number of unbranched alkanes of at least 4 members (excludes halogenated alkanes) is 2. The second kappa shape index (κ2) is 9.50. The smallest absolute Gasteiger partial charge is 0.305 e. The van der Waals surface area contributed by atoms with Crippen LogP contribution in [-0.2, 0) is 14.4 Å². The molecule has 3 amide bonds. The van der Waals surface area contributed by atoms with Crippen LogP contribution in [0.3, 0.4) is 0 Å². The molecule has 9 heteroatoms. The molecule has 0 atom stereocenters. The van der Waals surface area contributed by atoms with Gasteiger partial charge in [-0.05, 0) is 31.0 Å². The van der Waals surface area contributed by atoms with Gasteiger partial charge in [0.15, 0.2) is 0 Å². The lowest BCUT2D eigenvalue weighted by Gasteiger charge is -2.19. The lowest BCUT2D eigenvalue weighted by Crippen LogP contribution is -2.38. The molecule has 28 heavy (non-hydrogen) atoms. The van der Waals surface area contributed by atoms with Gasteiger partial charge in [-0.2, -0.15) is 5.26 Å². The molecule has 0 unspecified atom stereocenters. The lowest BCUT2D eigenvalue weighted by atomic mass is 10.1. The maximum atomic E-state index is 12.8. The molecular formula is C19H22N4O5. The number of carbonyl (C=O) groups is 4. The number of nitriles is 1. The largest absolute Gasteiger partial charge is 0.481 e. The first kappa shape index (κ1) is 20.9. The van der Waals surface area contributed by atoms with Crippen molar-refractivity contribution in [3.63, 3.8) is 0 Å². The number of amides is 3. The van der Waals surface area contributed by atoms with E-state index in [0.717, 1.165) is 0 Å². The van der Waals surface area contributed by atoms with E-state index in [9.17, 15) is 19.2 Å². The second-order valence-electron chi connectivity index (χ2n) is 6.47. The molecule has 2 N–H and O–H groups in total. The van der Waals surface area contributed by atoms with Crippen LogP contribution in [0.5, 0.6) is 0 Å². The molecule has 1 aliphatic heterocycles. The van der Waals surface area contributed by atoms with Gasteiger partial charge in [-0.3, -0.25) is 19.2 Å². The normalized spacial score (nSPS) is 13.6. The molecule has 1 aromatic rings. The Hall–Kier alpha value is -3.41. The van der Waals surface area contributed by atoms with E-state index in [1.807, 2.05) is 6.07 Å². The van der Waals surface area contributed by atoms with Crippen LogP contribution >= 0.6 is 0 Å². The zero-order chi connectivity index (χ0) is 20.7. The standard InChI is InChI=1S/C19H22N4O5/c1-22-15-7-6-13(21-16(24)5-3-2-4-9-20)11-14(15)19(28)23(12-17(22)25)10-8-18(26)27/h6-7,11H,2-5,8,10,12H2,1H3,(H,21,24)(H,26,27). The Labute approximate surface area is 162 Å². The minimum atomic E-state index is -1.06. The lowest BCUT2D eigenvalue weighted by molar-refractivity contribution is -0.137. The van der Waals surface area contributed by atoms with E-state index in [0.29, 0.717) is 30.6 Å². The highest BCUT2D eigenvalue weighted by molar-refractivity contribution is 6.10. The van der Waals surface area contributed by atoms with E-state index in [1.54, 1.807) is 19.2 Å². The number of nitrogens with one attached hydrogen (secondary N) is 1. The highest BCUT2D eigenvalue weighted by atomic mass is 16.4. The van der Waals surface area contributed by atoms with Crippen LogP contribution in [0.2, 0.25) is 0 Å². The van der Waals surface area contributed by atoms with E-state index in [-0.39, 0.29) is 43.3 Å². The van der Waals surface area contributed by atoms with Gasteiger partial charge < -0.3 is 20.2 Å². The number of likely N-dealkylation sites (N-methyl/N-ethyl adjacent to an activating group) is 1. The Kier molecular flexibility index (Phi) is 7.09. The van der Waals surface area contributed by atoms with E-state index < -0.39 is 11.9 Å². The first-order valence-electron chi connectivity index (χ1n) is 8.92. The molecule has 0 saturated heterocycles.